The minimum absolute atomic E-state index is 0.0758. The van der Waals surface area contributed by atoms with Crippen LogP contribution in [0.25, 0.3) is 0 Å². The van der Waals surface area contributed by atoms with Crippen molar-refractivity contribution in [2.24, 2.45) is 0 Å². The van der Waals surface area contributed by atoms with Crippen LogP contribution in [0.15, 0.2) is 0 Å². The van der Waals surface area contributed by atoms with Gasteiger partial charge in [-0.05, 0) is 20.3 Å². The number of ether oxygens (including phenoxy) is 3. The maximum atomic E-state index is 11.5. The lowest BCUT2D eigenvalue weighted by atomic mass is 10.0. The Morgan fingerprint density at radius 1 is 1.39 bits per heavy atom. The van der Waals surface area contributed by atoms with Crippen molar-refractivity contribution in [2.45, 2.75) is 44.9 Å². The van der Waals surface area contributed by atoms with Crippen molar-refractivity contribution < 1.29 is 23.8 Å². The van der Waals surface area contributed by atoms with Crippen LogP contribution >= 0.6 is 0 Å². The number of unbranched alkanes of at least 4 members (excludes halogenated alkanes) is 1. The zero-order chi connectivity index (χ0) is 13.6. The molecule has 1 amide bonds. The summed E-state index contributed by atoms with van der Waals surface area (Å²) in [4.78, 5) is 22.6. The van der Waals surface area contributed by atoms with Crippen LogP contribution in [0.4, 0.5) is 4.79 Å². The Hall–Kier alpha value is -1.14. The minimum atomic E-state index is -1.15. The van der Waals surface area contributed by atoms with Gasteiger partial charge in [-0.15, -0.1) is 0 Å². The van der Waals surface area contributed by atoms with E-state index in [-0.39, 0.29) is 13.2 Å². The third-order valence-electron chi connectivity index (χ3n) is 2.66. The fourth-order valence-electron chi connectivity index (χ4n) is 1.41. The molecule has 0 unspecified atom stereocenters. The minimum Gasteiger partial charge on any atom is -0.450 e. The van der Waals surface area contributed by atoms with E-state index in [4.69, 9.17) is 14.2 Å². The number of hydrogen-bond donors (Lipinski definition) is 1. The second kappa shape index (κ2) is 6.15. The average Bonchev–Trinajstić information content (AvgIpc) is 2.33. The molecule has 0 aliphatic carbocycles. The van der Waals surface area contributed by atoms with E-state index in [0.29, 0.717) is 12.9 Å². The number of carbonyl (C=O) groups excluding carboxylic acids is 2. The second-order valence-electron chi connectivity index (χ2n) is 4.87. The molecule has 6 heteroatoms. The summed E-state index contributed by atoms with van der Waals surface area (Å²) < 4.78 is 15.7. The van der Waals surface area contributed by atoms with Crippen LogP contribution in [0, 0.1) is 0 Å². The van der Waals surface area contributed by atoms with E-state index in [2.05, 4.69) is 5.32 Å². The van der Waals surface area contributed by atoms with Crippen LogP contribution in [0.5, 0.6) is 0 Å². The van der Waals surface area contributed by atoms with Gasteiger partial charge in [-0.2, -0.15) is 0 Å². The van der Waals surface area contributed by atoms with Crippen LogP contribution in [0.3, 0.4) is 0 Å². The SMILES string of the molecule is CCCCOC(=O)NC1(C=O)COC(C)(C)OC1. The largest absolute Gasteiger partial charge is 0.450 e. The van der Waals surface area contributed by atoms with Gasteiger partial charge in [0.1, 0.15) is 11.8 Å². The molecule has 6 nitrogen and oxygen atoms in total. The van der Waals surface area contributed by atoms with Crippen molar-refractivity contribution in [2.75, 3.05) is 19.8 Å². The highest BCUT2D eigenvalue weighted by Gasteiger charge is 2.41. The lowest BCUT2D eigenvalue weighted by molar-refractivity contribution is -0.264. The molecule has 0 aromatic carbocycles. The van der Waals surface area contributed by atoms with E-state index < -0.39 is 17.4 Å². The molecule has 1 aliphatic rings. The van der Waals surface area contributed by atoms with Crippen LogP contribution in [0.2, 0.25) is 0 Å². The van der Waals surface area contributed by atoms with E-state index >= 15 is 0 Å². The van der Waals surface area contributed by atoms with Gasteiger partial charge in [0.25, 0.3) is 0 Å². The molecule has 1 saturated heterocycles. The lowest BCUT2D eigenvalue weighted by Gasteiger charge is -2.40. The molecule has 0 aromatic rings. The Bertz CT molecular complexity index is 293. The van der Waals surface area contributed by atoms with Crippen LogP contribution in [0.1, 0.15) is 33.6 Å². The molecular weight excluding hydrogens is 238 g/mol. The lowest BCUT2D eigenvalue weighted by Crippen LogP contribution is -2.62. The molecule has 0 atom stereocenters. The Balaban J connectivity index is 2.46. The molecule has 104 valence electrons. The zero-order valence-electron chi connectivity index (χ0n) is 11.2. The van der Waals surface area contributed by atoms with Gasteiger partial charge < -0.3 is 24.3 Å². The van der Waals surface area contributed by atoms with Gasteiger partial charge in [0.05, 0.1) is 19.8 Å². The summed E-state index contributed by atoms with van der Waals surface area (Å²) in [5.41, 5.74) is -1.15. The molecule has 1 heterocycles. The van der Waals surface area contributed by atoms with Crippen LogP contribution in [-0.2, 0) is 19.0 Å². The highest BCUT2D eigenvalue weighted by Crippen LogP contribution is 2.22. The van der Waals surface area contributed by atoms with Crippen molar-refractivity contribution in [3.05, 3.63) is 0 Å². The maximum Gasteiger partial charge on any atom is 0.408 e. The fraction of sp³-hybridized carbons (Fsp3) is 0.833. The molecule has 0 spiro atoms. The first-order chi connectivity index (χ1) is 8.43. The summed E-state index contributed by atoms with van der Waals surface area (Å²) >= 11 is 0. The third-order valence-corrected chi connectivity index (χ3v) is 2.66. The fourth-order valence-corrected chi connectivity index (χ4v) is 1.41. The molecule has 0 saturated carbocycles. The molecule has 1 fully saturated rings. The summed E-state index contributed by atoms with van der Waals surface area (Å²) in [7, 11) is 0. The van der Waals surface area contributed by atoms with Gasteiger partial charge in [0.2, 0.25) is 0 Å². The van der Waals surface area contributed by atoms with Crippen molar-refractivity contribution in [1.29, 1.82) is 0 Å². The standard InChI is InChI=1S/C12H21NO5/c1-4-5-6-16-10(15)13-12(7-14)8-17-11(2,3)18-9-12/h7H,4-6,8-9H2,1-3H3,(H,13,15). The van der Waals surface area contributed by atoms with E-state index in [9.17, 15) is 9.59 Å². The predicted molar refractivity (Wildman–Crippen MR) is 64.2 cm³/mol. The smallest absolute Gasteiger partial charge is 0.408 e. The van der Waals surface area contributed by atoms with E-state index in [0.717, 1.165) is 12.8 Å². The third kappa shape index (κ3) is 4.27. The van der Waals surface area contributed by atoms with Gasteiger partial charge in [-0.1, -0.05) is 13.3 Å². The van der Waals surface area contributed by atoms with Crippen LogP contribution in [-0.4, -0.2) is 43.5 Å². The number of carbonyl (C=O) groups is 2. The first-order valence-corrected chi connectivity index (χ1v) is 6.12. The molecule has 1 rings (SSSR count). The van der Waals surface area contributed by atoms with Crippen molar-refractivity contribution >= 4 is 12.4 Å². The van der Waals surface area contributed by atoms with E-state index in [1.165, 1.54) is 0 Å². The number of hydrogen-bond acceptors (Lipinski definition) is 5. The highest BCUT2D eigenvalue weighted by molar-refractivity contribution is 5.76. The highest BCUT2D eigenvalue weighted by atomic mass is 16.7. The normalized spacial score (nSPS) is 21.1. The van der Waals surface area contributed by atoms with Gasteiger partial charge in [0.15, 0.2) is 5.79 Å². The zero-order valence-corrected chi connectivity index (χ0v) is 11.2. The Morgan fingerprint density at radius 3 is 2.50 bits per heavy atom. The summed E-state index contributed by atoms with van der Waals surface area (Å²) in [5, 5.41) is 2.50. The average molecular weight is 259 g/mol. The topological polar surface area (TPSA) is 73.9 Å². The number of amides is 1. The van der Waals surface area contributed by atoms with Crippen molar-refractivity contribution in [3.63, 3.8) is 0 Å². The summed E-state index contributed by atoms with van der Waals surface area (Å²) in [6.07, 6.45) is 1.74. The molecule has 0 bridgehead atoms. The summed E-state index contributed by atoms with van der Waals surface area (Å²) in [6.45, 7) is 5.99. The number of aldehydes is 1. The van der Waals surface area contributed by atoms with Gasteiger partial charge in [-0.25, -0.2) is 4.79 Å². The quantitative estimate of drug-likeness (QED) is 0.594. The first kappa shape index (κ1) is 14.9. The Labute approximate surface area is 107 Å². The number of alkyl carbamates (subject to hydrolysis) is 1. The molecular formula is C12H21NO5. The summed E-state index contributed by atoms with van der Waals surface area (Å²) in [5.74, 6) is -0.736. The van der Waals surface area contributed by atoms with Gasteiger partial charge in [-0.3, -0.25) is 0 Å². The summed E-state index contributed by atoms with van der Waals surface area (Å²) in [6, 6.07) is 0. The number of rotatable bonds is 5. The number of nitrogens with one attached hydrogen (secondary N) is 1. The monoisotopic (exact) mass is 259 g/mol. The second-order valence-corrected chi connectivity index (χ2v) is 4.87. The van der Waals surface area contributed by atoms with Gasteiger partial charge >= 0.3 is 6.09 Å². The van der Waals surface area contributed by atoms with Gasteiger partial charge in [0, 0.05) is 0 Å². The van der Waals surface area contributed by atoms with E-state index in [1.807, 2.05) is 6.92 Å². The maximum absolute atomic E-state index is 11.5. The predicted octanol–water partition coefficient (Wildman–Crippen LogP) is 1.23. The molecule has 1 N–H and O–H groups in total. The molecule has 1 aliphatic heterocycles. The van der Waals surface area contributed by atoms with E-state index in [1.54, 1.807) is 13.8 Å². The Morgan fingerprint density at radius 2 is 2.00 bits per heavy atom. The van der Waals surface area contributed by atoms with Crippen molar-refractivity contribution in [3.8, 4) is 0 Å². The van der Waals surface area contributed by atoms with Crippen LogP contribution < -0.4 is 5.32 Å². The molecule has 18 heavy (non-hydrogen) atoms. The Kier molecular flexibility index (Phi) is 5.10. The molecule has 0 radical (unpaired) electrons. The van der Waals surface area contributed by atoms with Crippen molar-refractivity contribution in [1.82, 2.24) is 5.32 Å². The first-order valence-electron chi connectivity index (χ1n) is 6.12. The molecule has 0 aromatic heterocycles.